The van der Waals surface area contributed by atoms with Gasteiger partial charge in [0.25, 0.3) is 0 Å². The summed E-state index contributed by atoms with van der Waals surface area (Å²) in [5.74, 6) is 1.64. The van der Waals surface area contributed by atoms with Crippen molar-refractivity contribution in [1.29, 1.82) is 0 Å². The summed E-state index contributed by atoms with van der Waals surface area (Å²) in [6.45, 7) is 4.61. The molecule has 0 saturated carbocycles. The topological polar surface area (TPSA) is 48.1 Å². The van der Waals surface area contributed by atoms with E-state index in [-0.39, 0.29) is 22.8 Å². The number of nitrogens with one attached hydrogen (secondary N) is 1. The molecule has 30 heavy (non-hydrogen) atoms. The molecule has 1 fully saturated rings. The van der Waals surface area contributed by atoms with Crippen LogP contribution in [0.2, 0.25) is 0 Å². The van der Waals surface area contributed by atoms with Gasteiger partial charge in [-0.15, -0.1) is 17.0 Å². The Morgan fingerprint density at radius 1 is 0.933 bits per heavy atom. The maximum atomic E-state index is 13.4. The van der Waals surface area contributed by atoms with E-state index in [2.05, 4.69) is 31.9 Å². The van der Waals surface area contributed by atoms with Gasteiger partial charge in [-0.25, -0.2) is 14.4 Å². The fraction of sp³-hybridized carbons (Fsp3) is 0.217. The second-order valence-electron chi connectivity index (χ2n) is 7.39. The number of fused-ring (bicyclic) bond motifs is 1. The van der Waals surface area contributed by atoms with Gasteiger partial charge in [-0.3, -0.25) is 4.90 Å². The summed E-state index contributed by atoms with van der Waals surface area (Å²) in [6, 6.07) is 18.8. The SMILES string of the molecule is Br.Fc1ccc2nc(N3CCN(Cc4cnc(-c5ccccc5)[nH]4)CC3)ccc2c1. The standard InChI is InChI=1S/C23H22FN5.BrH/c24-19-7-8-21-18(14-19)6-9-22(27-21)29-12-10-28(11-13-29)16-20-15-25-23(26-20)17-4-2-1-3-5-17;/h1-9,14-15H,10-13,16H2,(H,25,26);1H. The van der Waals surface area contributed by atoms with Gasteiger partial charge in [0.05, 0.1) is 5.52 Å². The average molecular weight is 468 g/mol. The number of piperazine rings is 1. The minimum absolute atomic E-state index is 0. The summed E-state index contributed by atoms with van der Waals surface area (Å²) < 4.78 is 13.4. The molecule has 0 unspecified atom stereocenters. The first-order valence-electron chi connectivity index (χ1n) is 9.87. The van der Waals surface area contributed by atoms with E-state index in [0.717, 1.165) is 66.5 Å². The number of aromatic amines is 1. The number of hydrogen-bond acceptors (Lipinski definition) is 4. The number of anilines is 1. The molecule has 0 aliphatic carbocycles. The predicted octanol–water partition coefficient (Wildman–Crippen LogP) is 4.66. The largest absolute Gasteiger partial charge is 0.354 e. The lowest BCUT2D eigenvalue weighted by atomic mass is 10.2. The Morgan fingerprint density at radius 2 is 1.73 bits per heavy atom. The molecule has 5 nitrogen and oxygen atoms in total. The molecule has 1 aliphatic rings. The number of nitrogens with zero attached hydrogens (tertiary/aromatic N) is 4. The molecule has 0 atom stereocenters. The van der Waals surface area contributed by atoms with Crippen molar-refractivity contribution >= 4 is 33.7 Å². The molecule has 2 aromatic carbocycles. The van der Waals surface area contributed by atoms with Gasteiger partial charge in [0, 0.05) is 55.6 Å². The Hall–Kier alpha value is -2.77. The molecule has 7 heteroatoms. The van der Waals surface area contributed by atoms with Crippen LogP contribution < -0.4 is 4.90 Å². The van der Waals surface area contributed by atoms with E-state index in [0.29, 0.717) is 0 Å². The molecule has 0 spiro atoms. The molecule has 0 radical (unpaired) electrons. The number of benzene rings is 2. The van der Waals surface area contributed by atoms with Gasteiger partial charge in [0.1, 0.15) is 17.5 Å². The first kappa shape index (κ1) is 20.5. The van der Waals surface area contributed by atoms with Crippen LogP contribution in [0.3, 0.4) is 0 Å². The first-order chi connectivity index (χ1) is 14.2. The Morgan fingerprint density at radius 3 is 2.53 bits per heavy atom. The average Bonchev–Trinajstić information content (AvgIpc) is 3.23. The Kier molecular flexibility index (Phi) is 6.11. The van der Waals surface area contributed by atoms with Gasteiger partial charge in [0.15, 0.2) is 0 Å². The zero-order valence-corrected chi connectivity index (χ0v) is 18.2. The third kappa shape index (κ3) is 4.37. The molecular weight excluding hydrogens is 445 g/mol. The predicted molar refractivity (Wildman–Crippen MR) is 124 cm³/mol. The Bertz CT molecular complexity index is 1120. The zero-order chi connectivity index (χ0) is 19.6. The van der Waals surface area contributed by atoms with Crippen molar-refractivity contribution in [3.05, 3.63) is 78.4 Å². The number of pyridine rings is 1. The molecule has 1 aliphatic heterocycles. The molecule has 154 valence electrons. The van der Waals surface area contributed by atoms with Crippen LogP contribution in [-0.2, 0) is 6.54 Å². The quantitative estimate of drug-likeness (QED) is 0.473. The summed E-state index contributed by atoms with van der Waals surface area (Å²) in [5.41, 5.74) is 3.06. The number of rotatable bonds is 4. The summed E-state index contributed by atoms with van der Waals surface area (Å²) >= 11 is 0. The second kappa shape index (κ2) is 8.93. The van der Waals surface area contributed by atoms with Gasteiger partial charge in [-0.1, -0.05) is 30.3 Å². The smallest absolute Gasteiger partial charge is 0.137 e. The van der Waals surface area contributed by atoms with Crippen molar-refractivity contribution in [2.45, 2.75) is 6.54 Å². The highest BCUT2D eigenvalue weighted by atomic mass is 79.9. The van der Waals surface area contributed by atoms with Crippen LogP contribution in [0.15, 0.2) is 66.9 Å². The van der Waals surface area contributed by atoms with Crippen molar-refractivity contribution in [2.24, 2.45) is 0 Å². The fourth-order valence-corrected chi connectivity index (χ4v) is 3.82. The Labute approximate surface area is 185 Å². The lowest BCUT2D eigenvalue weighted by molar-refractivity contribution is 0.247. The highest BCUT2D eigenvalue weighted by Gasteiger charge is 2.19. The number of aromatic nitrogens is 3. The van der Waals surface area contributed by atoms with E-state index in [1.165, 1.54) is 12.1 Å². The maximum Gasteiger partial charge on any atom is 0.137 e. The minimum atomic E-state index is -0.227. The van der Waals surface area contributed by atoms with E-state index in [9.17, 15) is 4.39 Å². The third-order valence-electron chi connectivity index (χ3n) is 5.40. The van der Waals surface area contributed by atoms with Gasteiger partial charge >= 0.3 is 0 Å². The van der Waals surface area contributed by atoms with Gasteiger partial charge in [0.2, 0.25) is 0 Å². The normalized spacial score (nSPS) is 14.6. The van der Waals surface area contributed by atoms with Crippen LogP contribution in [0.5, 0.6) is 0 Å². The van der Waals surface area contributed by atoms with E-state index in [1.807, 2.05) is 36.5 Å². The van der Waals surface area contributed by atoms with Crippen molar-refractivity contribution in [3.63, 3.8) is 0 Å². The molecule has 2 aromatic heterocycles. The third-order valence-corrected chi connectivity index (χ3v) is 5.40. The molecule has 0 bridgehead atoms. The first-order valence-corrected chi connectivity index (χ1v) is 9.87. The highest BCUT2D eigenvalue weighted by molar-refractivity contribution is 8.93. The van der Waals surface area contributed by atoms with Crippen LogP contribution in [0.4, 0.5) is 10.2 Å². The number of H-pyrrole nitrogens is 1. The maximum absolute atomic E-state index is 13.4. The van der Waals surface area contributed by atoms with Crippen molar-refractivity contribution < 1.29 is 4.39 Å². The van der Waals surface area contributed by atoms with E-state index < -0.39 is 0 Å². The number of hydrogen-bond donors (Lipinski definition) is 1. The van der Waals surface area contributed by atoms with Crippen molar-refractivity contribution in [1.82, 2.24) is 19.9 Å². The summed E-state index contributed by atoms with van der Waals surface area (Å²) in [6.07, 6.45) is 1.93. The van der Waals surface area contributed by atoms with Crippen molar-refractivity contribution in [3.8, 4) is 11.4 Å². The molecule has 4 aromatic rings. The van der Waals surface area contributed by atoms with Crippen LogP contribution >= 0.6 is 17.0 Å². The number of halogens is 2. The lowest BCUT2D eigenvalue weighted by Gasteiger charge is -2.35. The Balaban J connectivity index is 0.00000218. The molecular formula is C23H23BrFN5. The molecule has 0 amide bonds. The molecule has 1 N–H and O–H groups in total. The monoisotopic (exact) mass is 467 g/mol. The summed E-state index contributed by atoms with van der Waals surface area (Å²) in [4.78, 5) is 17.4. The van der Waals surface area contributed by atoms with Gasteiger partial charge < -0.3 is 9.88 Å². The van der Waals surface area contributed by atoms with Crippen LogP contribution in [-0.4, -0.2) is 46.0 Å². The molecule has 3 heterocycles. The van der Waals surface area contributed by atoms with Crippen LogP contribution in [0, 0.1) is 5.82 Å². The number of imidazole rings is 1. The second-order valence-corrected chi connectivity index (χ2v) is 7.39. The van der Waals surface area contributed by atoms with Crippen molar-refractivity contribution in [2.75, 3.05) is 31.1 Å². The van der Waals surface area contributed by atoms with E-state index in [4.69, 9.17) is 4.98 Å². The van der Waals surface area contributed by atoms with Gasteiger partial charge in [-0.2, -0.15) is 0 Å². The zero-order valence-electron chi connectivity index (χ0n) is 16.5. The minimum Gasteiger partial charge on any atom is -0.354 e. The summed E-state index contributed by atoms with van der Waals surface area (Å²) in [7, 11) is 0. The summed E-state index contributed by atoms with van der Waals surface area (Å²) in [5, 5.41) is 0.834. The van der Waals surface area contributed by atoms with Gasteiger partial charge in [-0.05, 0) is 30.3 Å². The molecule has 5 rings (SSSR count). The van der Waals surface area contributed by atoms with Crippen LogP contribution in [0.25, 0.3) is 22.3 Å². The van der Waals surface area contributed by atoms with E-state index >= 15 is 0 Å². The molecule has 1 saturated heterocycles. The highest BCUT2D eigenvalue weighted by Crippen LogP contribution is 2.21. The van der Waals surface area contributed by atoms with E-state index in [1.54, 1.807) is 6.07 Å². The van der Waals surface area contributed by atoms with Crippen LogP contribution in [0.1, 0.15) is 5.69 Å². The fourth-order valence-electron chi connectivity index (χ4n) is 3.82. The lowest BCUT2D eigenvalue weighted by Crippen LogP contribution is -2.46.